The lowest BCUT2D eigenvalue weighted by atomic mass is 10.6. The van der Waals surface area contributed by atoms with Gasteiger partial charge in [-0.05, 0) is 13.3 Å². The molecule has 0 amide bonds. The normalized spacial score (nSPS) is 14.3. The van der Waals surface area contributed by atoms with E-state index >= 15 is 0 Å². The molecule has 0 N–H and O–H groups in total. The van der Waals surface area contributed by atoms with Gasteiger partial charge in [0.1, 0.15) is 0 Å². The molecule has 0 saturated carbocycles. The van der Waals surface area contributed by atoms with E-state index in [1.54, 1.807) is 0 Å². The molecule has 2 nitrogen and oxygen atoms in total. The van der Waals surface area contributed by atoms with E-state index in [1.165, 1.54) is 0 Å². The van der Waals surface area contributed by atoms with Crippen LogP contribution in [-0.2, 0) is 11.1 Å². The number of hydrogen-bond acceptors (Lipinski definition) is 2. The standard InChI is InChI=1S/C3H6O2S/c1-2-3-6(4)5/h1H,2-3H2,(H,4,5)/p-1. The van der Waals surface area contributed by atoms with Crippen molar-refractivity contribution in [1.82, 2.24) is 0 Å². The molecule has 36 valence electrons. The van der Waals surface area contributed by atoms with Gasteiger partial charge in [-0.1, -0.05) is 11.1 Å². The topological polar surface area (TPSA) is 40.1 Å². The molecule has 6 heavy (non-hydrogen) atoms. The Balaban J connectivity index is 2.83. The van der Waals surface area contributed by atoms with Gasteiger partial charge >= 0.3 is 0 Å². The first-order chi connectivity index (χ1) is 2.77. The van der Waals surface area contributed by atoms with Crippen LogP contribution in [0.1, 0.15) is 6.42 Å². The lowest BCUT2D eigenvalue weighted by Gasteiger charge is -1.97. The fraction of sp³-hybridized carbons (Fsp3) is 0.667. The quantitative estimate of drug-likeness (QED) is 0.462. The highest BCUT2D eigenvalue weighted by Crippen LogP contribution is 1.75. The Kier molecular flexibility index (Phi) is 3.37. The zero-order chi connectivity index (χ0) is 4.99. The summed E-state index contributed by atoms with van der Waals surface area (Å²) in [5.74, 6) is 0.0694. The number of rotatable bonds is 2. The highest BCUT2D eigenvalue weighted by atomic mass is 32.2. The molecular formula is C3H5O2S-. The third-order valence-corrected chi connectivity index (χ3v) is 0.854. The fourth-order valence-electron chi connectivity index (χ4n) is 0.0962. The van der Waals surface area contributed by atoms with Crippen LogP contribution < -0.4 is 0 Å². The third-order valence-electron chi connectivity index (χ3n) is 0.285. The Labute approximate surface area is 39.8 Å². The molecule has 0 heterocycles. The first kappa shape index (κ1) is 6.11. The second-order valence-corrected chi connectivity index (χ2v) is 1.81. The summed E-state index contributed by atoms with van der Waals surface area (Å²) in [5.41, 5.74) is 0. The van der Waals surface area contributed by atoms with Crippen molar-refractivity contribution in [2.75, 3.05) is 5.75 Å². The molecule has 2 radical (unpaired) electrons. The van der Waals surface area contributed by atoms with Crippen LogP contribution in [0.5, 0.6) is 0 Å². The molecule has 0 aliphatic carbocycles. The van der Waals surface area contributed by atoms with Gasteiger partial charge in [-0.2, -0.15) is 0 Å². The smallest absolute Gasteiger partial charge is 0.0104 e. The van der Waals surface area contributed by atoms with Gasteiger partial charge in [0, 0.05) is 5.75 Å². The highest BCUT2D eigenvalue weighted by Gasteiger charge is 1.73. The summed E-state index contributed by atoms with van der Waals surface area (Å²) in [6, 6.07) is 0. The predicted octanol–water partition coefficient (Wildman–Crippen LogP) is -0.0333. The molecule has 1 atom stereocenters. The molecule has 0 aromatic carbocycles. The largest absolute Gasteiger partial charge is 0.772 e. The van der Waals surface area contributed by atoms with E-state index in [1.807, 2.05) is 0 Å². The number of hydrogen-bond donors (Lipinski definition) is 0. The maximum absolute atomic E-state index is 9.52. The average Bonchev–Trinajstić information content (AvgIpc) is 1.35. The van der Waals surface area contributed by atoms with Gasteiger partial charge in [-0.25, -0.2) is 0 Å². The summed E-state index contributed by atoms with van der Waals surface area (Å²) in [6.07, 6.45) is 0.218. The van der Waals surface area contributed by atoms with Gasteiger partial charge in [0.2, 0.25) is 0 Å². The molecule has 0 rings (SSSR count). The molecule has 1 unspecified atom stereocenters. The summed E-state index contributed by atoms with van der Waals surface area (Å²) in [6.45, 7) is 4.84. The van der Waals surface area contributed by atoms with E-state index in [4.69, 9.17) is 6.92 Å². The van der Waals surface area contributed by atoms with E-state index in [0.717, 1.165) is 0 Å². The molecule has 0 aromatic heterocycles. The van der Waals surface area contributed by atoms with Crippen LogP contribution in [0.15, 0.2) is 0 Å². The van der Waals surface area contributed by atoms with E-state index in [2.05, 4.69) is 0 Å². The van der Waals surface area contributed by atoms with E-state index in [9.17, 15) is 8.76 Å². The molecule has 0 aromatic rings. The molecule has 0 spiro atoms. The first-order valence-corrected chi connectivity index (χ1v) is 2.77. The van der Waals surface area contributed by atoms with E-state index in [0.29, 0.717) is 0 Å². The Bertz CT molecular complexity index is 52.8. The van der Waals surface area contributed by atoms with Crippen LogP contribution in [0, 0.1) is 6.92 Å². The van der Waals surface area contributed by atoms with Crippen LogP contribution in [-0.4, -0.2) is 14.5 Å². The molecule has 0 saturated heterocycles. The minimum atomic E-state index is -1.94. The summed E-state index contributed by atoms with van der Waals surface area (Å²) < 4.78 is 19.0. The van der Waals surface area contributed by atoms with Gasteiger partial charge in [0.15, 0.2) is 0 Å². The van der Waals surface area contributed by atoms with Gasteiger partial charge in [0.05, 0.1) is 0 Å². The van der Waals surface area contributed by atoms with Gasteiger partial charge < -0.3 is 4.55 Å². The highest BCUT2D eigenvalue weighted by molar-refractivity contribution is 7.79. The minimum absolute atomic E-state index is 0.0694. The first-order valence-electron chi connectivity index (χ1n) is 1.53. The van der Waals surface area contributed by atoms with Gasteiger partial charge in [0.25, 0.3) is 0 Å². The SMILES string of the molecule is [CH]CCS(=O)[O-]. The van der Waals surface area contributed by atoms with Crippen molar-refractivity contribution in [1.29, 1.82) is 0 Å². The van der Waals surface area contributed by atoms with Crippen LogP contribution in [0.2, 0.25) is 0 Å². The molecule has 0 fully saturated rings. The lowest BCUT2D eigenvalue weighted by molar-refractivity contribution is 0.537. The van der Waals surface area contributed by atoms with E-state index < -0.39 is 11.1 Å². The van der Waals surface area contributed by atoms with Crippen molar-refractivity contribution in [3.8, 4) is 0 Å². The Hall–Kier alpha value is 0.110. The van der Waals surface area contributed by atoms with Crippen LogP contribution in [0.4, 0.5) is 0 Å². The lowest BCUT2D eigenvalue weighted by Crippen LogP contribution is -1.90. The fourth-order valence-corrected chi connectivity index (χ4v) is 0.289. The van der Waals surface area contributed by atoms with Gasteiger partial charge in [-0.15, -0.1) is 0 Å². The third kappa shape index (κ3) is 4.11. The summed E-state index contributed by atoms with van der Waals surface area (Å²) in [5, 5.41) is 0. The Morgan fingerprint density at radius 2 is 2.33 bits per heavy atom. The van der Waals surface area contributed by atoms with Crippen LogP contribution >= 0.6 is 0 Å². The van der Waals surface area contributed by atoms with E-state index in [-0.39, 0.29) is 12.2 Å². The van der Waals surface area contributed by atoms with Crippen LogP contribution in [0.25, 0.3) is 0 Å². The zero-order valence-corrected chi connectivity index (χ0v) is 4.03. The van der Waals surface area contributed by atoms with Crippen molar-refractivity contribution in [3.63, 3.8) is 0 Å². The van der Waals surface area contributed by atoms with Crippen LogP contribution in [0.3, 0.4) is 0 Å². The van der Waals surface area contributed by atoms with Crippen molar-refractivity contribution < 1.29 is 8.76 Å². The molecular weight excluding hydrogens is 100 g/mol. The van der Waals surface area contributed by atoms with Gasteiger partial charge in [-0.3, -0.25) is 4.21 Å². The summed E-state index contributed by atoms with van der Waals surface area (Å²) in [7, 11) is 0. The second kappa shape index (κ2) is 3.31. The summed E-state index contributed by atoms with van der Waals surface area (Å²) >= 11 is -1.94. The van der Waals surface area contributed by atoms with Crippen molar-refractivity contribution in [3.05, 3.63) is 6.92 Å². The minimum Gasteiger partial charge on any atom is -0.772 e. The molecule has 0 bridgehead atoms. The maximum Gasteiger partial charge on any atom is 0.0104 e. The van der Waals surface area contributed by atoms with Crippen molar-refractivity contribution in [2.45, 2.75) is 6.42 Å². The maximum atomic E-state index is 9.52. The van der Waals surface area contributed by atoms with Crippen molar-refractivity contribution in [2.24, 2.45) is 0 Å². The summed E-state index contributed by atoms with van der Waals surface area (Å²) in [4.78, 5) is 0. The van der Waals surface area contributed by atoms with Crippen molar-refractivity contribution >= 4 is 11.1 Å². The molecule has 0 aliphatic heterocycles. The molecule has 3 heteroatoms. The Morgan fingerprint density at radius 3 is 2.33 bits per heavy atom. The molecule has 0 aliphatic rings. The Morgan fingerprint density at radius 1 is 1.83 bits per heavy atom. The average molecular weight is 105 g/mol. The zero-order valence-electron chi connectivity index (χ0n) is 3.22. The predicted molar refractivity (Wildman–Crippen MR) is 22.7 cm³/mol. The second-order valence-electron chi connectivity index (χ2n) is 0.797. The monoisotopic (exact) mass is 105 g/mol.